The SMILES string of the molecule is COc1cc2c(cc1OC(C)C)[C@H](c1ccc(Cl)cc1)N(c1ccc(C(C)(O)C3CCC(C(=O)O)CC3)cc1)C(=O)C2. The molecule has 0 spiro atoms. The first kappa shape index (κ1) is 29.9. The van der Waals surface area contributed by atoms with E-state index in [2.05, 4.69) is 0 Å². The van der Waals surface area contributed by atoms with Crippen molar-refractivity contribution >= 4 is 29.2 Å². The van der Waals surface area contributed by atoms with Gasteiger partial charge in [-0.15, -0.1) is 0 Å². The number of aliphatic hydroxyl groups is 1. The van der Waals surface area contributed by atoms with E-state index in [1.165, 1.54) is 0 Å². The van der Waals surface area contributed by atoms with Crippen LogP contribution >= 0.6 is 11.6 Å². The molecular weight excluding hydrogens is 554 g/mol. The smallest absolute Gasteiger partial charge is 0.306 e. The maximum absolute atomic E-state index is 13.8. The Labute approximate surface area is 252 Å². The topological polar surface area (TPSA) is 96.3 Å². The molecule has 222 valence electrons. The number of amides is 1. The molecule has 3 aromatic rings. The minimum atomic E-state index is -1.12. The van der Waals surface area contributed by atoms with E-state index in [1.54, 1.807) is 18.9 Å². The first-order valence-electron chi connectivity index (χ1n) is 14.5. The molecule has 0 radical (unpaired) electrons. The Morgan fingerprint density at radius 3 is 2.21 bits per heavy atom. The molecule has 1 aliphatic carbocycles. The molecule has 1 saturated carbocycles. The van der Waals surface area contributed by atoms with Gasteiger partial charge in [0.25, 0.3) is 0 Å². The fraction of sp³-hybridized carbons (Fsp3) is 0.412. The Morgan fingerprint density at radius 2 is 1.64 bits per heavy atom. The normalized spacial score (nSPS) is 21.9. The first-order valence-corrected chi connectivity index (χ1v) is 14.9. The summed E-state index contributed by atoms with van der Waals surface area (Å²) in [5.41, 5.74) is 3.06. The third kappa shape index (κ3) is 5.86. The van der Waals surface area contributed by atoms with Gasteiger partial charge in [-0.05, 0) is 111 Å². The third-order valence-electron chi connectivity index (χ3n) is 8.74. The molecule has 42 heavy (non-hydrogen) atoms. The van der Waals surface area contributed by atoms with E-state index in [0.29, 0.717) is 47.9 Å². The summed E-state index contributed by atoms with van der Waals surface area (Å²) in [6.07, 6.45) is 2.56. The minimum absolute atomic E-state index is 0.0429. The van der Waals surface area contributed by atoms with Crippen LogP contribution in [0.5, 0.6) is 11.5 Å². The molecule has 1 aliphatic heterocycles. The molecular formula is C34H38ClNO6. The highest BCUT2D eigenvalue weighted by atomic mass is 35.5. The Hall–Kier alpha value is -3.55. The largest absolute Gasteiger partial charge is 0.493 e. The van der Waals surface area contributed by atoms with Crippen LogP contribution in [0, 0.1) is 11.8 Å². The molecule has 0 aromatic heterocycles. The Kier molecular flexibility index (Phi) is 8.53. The molecule has 2 atom stereocenters. The Bertz CT molecular complexity index is 1440. The van der Waals surface area contributed by atoms with E-state index in [1.807, 2.05) is 74.5 Å². The van der Waals surface area contributed by atoms with Crippen molar-refractivity contribution in [1.82, 2.24) is 0 Å². The summed E-state index contributed by atoms with van der Waals surface area (Å²) in [7, 11) is 1.59. The highest BCUT2D eigenvalue weighted by Gasteiger charge is 2.39. The van der Waals surface area contributed by atoms with Gasteiger partial charge < -0.3 is 24.6 Å². The summed E-state index contributed by atoms with van der Waals surface area (Å²) in [6.45, 7) is 5.72. The van der Waals surface area contributed by atoms with Gasteiger partial charge in [0, 0.05) is 10.7 Å². The van der Waals surface area contributed by atoms with E-state index in [9.17, 15) is 19.8 Å². The van der Waals surface area contributed by atoms with Gasteiger partial charge in [-0.25, -0.2) is 0 Å². The van der Waals surface area contributed by atoms with E-state index in [0.717, 1.165) is 22.3 Å². The monoisotopic (exact) mass is 591 g/mol. The van der Waals surface area contributed by atoms with Gasteiger partial charge >= 0.3 is 5.97 Å². The van der Waals surface area contributed by atoms with Gasteiger partial charge in [-0.1, -0.05) is 35.9 Å². The molecule has 5 rings (SSSR count). The number of benzene rings is 3. The highest BCUT2D eigenvalue weighted by Crippen LogP contribution is 2.45. The van der Waals surface area contributed by atoms with Crippen molar-refractivity contribution in [1.29, 1.82) is 0 Å². The standard InChI is InChI=1S/C34H38ClNO6/c1-20(2)42-30-19-28-23(17-29(30)41-4)18-31(37)36(32(28)21-7-13-26(35)14-8-21)27-15-11-25(12-16-27)34(3,40)24-9-5-22(6-10-24)33(38)39/h7-8,11-17,19-20,22,24,32,40H,5-6,9-10,18H2,1-4H3,(H,38,39)/t22?,24?,32-,34?/m0/s1. The number of carbonyl (C=O) groups excluding carboxylic acids is 1. The van der Waals surface area contributed by atoms with Crippen molar-refractivity contribution in [3.05, 3.63) is 87.9 Å². The van der Waals surface area contributed by atoms with Crippen LogP contribution in [-0.2, 0) is 21.6 Å². The molecule has 7 nitrogen and oxygen atoms in total. The van der Waals surface area contributed by atoms with Crippen LogP contribution in [0.1, 0.15) is 74.8 Å². The van der Waals surface area contributed by atoms with Crippen LogP contribution in [0.4, 0.5) is 5.69 Å². The number of hydrogen-bond acceptors (Lipinski definition) is 5. The average Bonchev–Trinajstić information content (AvgIpc) is 2.96. The van der Waals surface area contributed by atoms with Gasteiger partial charge in [0.1, 0.15) is 0 Å². The predicted molar refractivity (Wildman–Crippen MR) is 162 cm³/mol. The second-order valence-corrected chi connectivity index (χ2v) is 12.3. The number of hydrogen-bond donors (Lipinski definition) is 2. The molecule has 1 amide bonds. The number of rotatable bonds is 8. The average molecular weight is 592 g/mol. The second kappa shape index (κ2) is 12.0. The molecule has 0 saturated heterocycles. The number of halogens is 1. The lowest BCUT2D eigenvalue weighted by molar-refractivity contribution is -0.144. The van der Waals surface area contributed by atoms with Crippen molar-refractivity contribution in [2.24, 2.45) is 11.8 Å². The Balaban J connectivity index is 1.52. The van der Waals surface area contributed by atoms with Crippen LogP contribution in [0.25, 0.3) is 0 Å². The van der Waals surface area contributed by atoms with Crippen molar-refractivity contribution in [3.8, 4) is 11.5 Å². The lowest BCUT2D eigenvalue weighted by atomic mass is 9.71. The zero-order valence-electron chi connectivity index (χ0n) is 24.5. The van der Waals surface area contributed by atoms with Gasteiger partial charge in [-0.3, -0.25) is 9.59 Å². The quantitative estimate of drug-likeness (QED) is 0.295. The number of methoxy groups -OCH3 is 1. The maximum atomic E-state index is 13.8. The summed E-state index contributed by atoms with van der Waals surface area (Å²) < 4.78 is 11.7. The van der Waals surface area contributed by atoms with Crippen LogP contribution in [0.3, 0.4) is 0 Å². The summed E-state index contributed by atoms with van der Waals surface area (Å²) in [6, 6.07) is 18.5. The van der Waals surface area contributed by atoms with E-state index in [-0.39, 0.29) is 30.3 Å². The second-order valence-electron chi connectivity index (χ2n) is 11.8. The summed E-state index contributed by atoms with van der Waals surface area (Å²) in [4.78, 5) is 27.0. The molecule has 1 unspecified atom stereocenters. The van der Waals surface area contributed by atoms with Crippen molar-refractivity contribution in [2.45, 2.75) is 70.6 Å². The van der Waals surface area contributed by atoms with Crippen molar-refractivity contribution in [3.63, 3.8) is 0 Å². The summed E-state index contributed by atoms with van der Waals surface area (Å²) in [5, 5.41) is 21.5. The molecule has 1 heterocycles. The van der Waals surface area contributed by atoms with Gasteiger partial charge in [0.15, 0.2) is 11.5 Å². The van der Waals surface area contributed by atoms with E-state index < -0.39 is 17.6 Å². The molecule has 2 aliphatic rings. The van der Waals surface area contributed by atoms with Crippen LogP contribution in [0.2, 0.25) is 5.02 Å². The molecule has 2 N–H and O–H groups in total. The van der Waals surface area contributed by atoms with Gasteiger partial charge in [0.05, 0.1) is 37.2 Å². The fourth-order valence-corrected chi connectivity index (χ4v) is 6.55. The maximum Gasteiger partial charge on any atom is 0.306 e. The first-order chi connectivity index (χ1) is 20.0. The minimum Gasteiger partial charge on any atom is -0.493 e. The number of aliphatic carboxylic acids is 1. The molecule has 8 heteroatoms. The summed E-state index contributed by atoms with van der Waals surface area (Å²) >= 11 is 6.23. The molecule has 0 bridgehead atoms. The van der Waals surface area contributed by atoms with Crippen LogP contribution in [0.15, 0.2) is 60.7 Å². The number of nitrogens with zero attached hydrogens (tertiary/aromatic N) is 1. The number of fused-ring (bicyclic) bond motifs is 1. The van der Waals surface area contributed by atoms with Gasteiger partial charge in [-0.2, -0.15) is 0 Å². The number of carboxylic acid groups (broad SMARTS) is 1. The fourth-order valence-electron chi connectivity index (χ4n) is 6.43. The van der Waals surface area contributed by atoms with Crippen LogP contribution in [-0.4, -0.2) is 35.3 Å². The Morgan fingerprint density at radius 1 is 1.00 bits per heavy atom. The summed E-state index contributed by atoms with van der Waals surface area (Å²) in [5.74, 6) is -0.0105. The number of anilines is 1. The van der Waals surface area contributed by atoms with E-state index in [4.69, 9.17) is 21.1 Å². The van der Waals surface area contributed by atoms with Crippen LogP contribution < -0.4 is 14.4 Å². The highest BCUT2D eigenvalue weighted by molar-refractivity contribution is 6.30. The van der Waals surface area contributed by atoms with Crippen molar-refractivity contribution in [2.75, 3.05) is 12.0 Å². The lowest BCUT2D eigenvalue weighted by Gasteiger charge is -2.39. The number of carboxylic acids is 1. The zero-order valence-corrected chi connectivity index (χ0v) is 25.2. The number of ether oxygens (including phenoxy) is 2. The van der Waals surface area contributed by atoms with Crippen molar-refractivity contribution < 1.29 is 29.3 Å². The zero-order chi connectivity index (χ0) is 30.2. The van der Waals surface area contributed by atoms with E-state index >= 15 is 0 Å². The lowest BCUT2D eigenvalue weighted by Crippen LogP contribution is -2.41. The number of carbonyl (C=O) groups is 2. The van der Waals surface area contributed by atoms with Gasteiger partial charge in [0.2, 0.25) is 5.91 Å². The molecule has 3 aromatic carbocycles. The molecule has 1 fully saturated rings. The predicted octanol–water partition coefficient (Wildman–Crippen LogP) is 6.91. The third-order valence-corrected chi connectivity index (χ3v) is 8.99.